The summed E-state index contributed by atoms with van der Waals surface area (Å²) >= 11 is 0. The molecule has 0 unspecified atom stereocenters. The standard InChI is InChI=1S/C21H20FN3O/c22-17-9-4-8-16(14-17)19(15-6-2-1-3-7-15)24-21(26)18-10-5-12-25-13-11-23-20(18)25/h1-4,6-9,11,13-14,18-19H,5,10,12H2,(H,24,26)/t18-,19-/m1/s1. The monoisotopic (exact) mass is 349 g/mol. The molecule has 2 heterocycles. The number of fused-ring (bicyclic) bond motifs is 1. The minimum atomic E-state index is -0.398. The summed E-state index contributed by atoms with van der Waals surface area (Å²) in [5, 5.41) is 3.12. The minimum Gasteiger partial charge on any atom is -0.345 e. The van der Waals surface area contributed by atoms with Crippen molar-refractivity contribution in [3.8, 4) is 0 Å². The second-order valence-corrected chi connectivity index (χ2v) is 6.58. The number of imidazole rings is 1. The van der Waals surface area contributed by atoms with Crippen LogP contribution in [0.2, 0.25) is 0 Å². The number of carbonyl (C=O) groups excluding carboxylic acids is 1. The molecule has 26 heavy (non-hydrogen) atoms. The molecule has 1 N–H and O–H groups in total. The summed E-state index contributed by atoms with van der Waals surface area (Å²) < 4.78 is 15.8. The Morgan fingerprint density at radius 2 is 1.96 bits per heavy atom. The third-order valence-corrected chi connectivity index (χ3v) is 4.87. The molecule has 1 aliphatic heterocycles. The second-order valence-electron chi connectivity index (χ2n) is 6.58. The molecule has 1 aromatic heterocycles. The zero-order valence-electron chi connectivity index (χ0n) is 14.3. The van der Waals surface area contributed by atoms with E-state index >= 15 is 0 Å². The van der Waals surface area contributed by atoms with Gasteiger partial charge in [-0.25, -0.2) is 9.37 Å². The Bertz CT molecular complexity index is 906. The number of benzene rings is 2. The quantitative estimate of drug-likeness (QED) is 0.779. The molecular weight excluding hydrogens is 329 g/mol. The molecule has 1 amide bonds. The lowest BCUT2D eigenvalue weighted by molar-refractivity contribution is -0.123. The van der Waals surface area contributed by atoms with E-state index < -0.39 is 6.04 Å². The van der Waals surface area contributed by atoms with Crippen LogP contribution >= 0.6 is 0 Å². The first-order valence-electron chi connectivity index (χ1n) is 8.84. The van der Waals surface area contributed by atoms with Crippen LogP contribution in [0.15, 0.2) is 67.0 Å². The first kappa shape index (κ1) is 16.5. The van der Waals surface area contributed by atoms with Gasteiger partial charge in [-0.2, -0.15) is 0 Å². The van der Waals surface area contributed by atoms with Gasteiger partial charge in [-0.1, -0.05) is 42.5 Å². The summed E-state index contributed by atoms with van der Waals surface area (Å²) in [6.07, 6.45) is 5.36. The van der Waals surface area contributed by atoms with Crippen LogP contribution in [-0.4, -0.2) is 15.5 Å². The lowest BCUT2D eigenvalue weighted by Crippen LogP contribution is -2.36. The highest BCUT2D eigenvalue weighted by Gasteiger charge is 2.30. The fourth-order valence-corrected chi connectivity index (χ4v) is 3.60. The number of hydrogen-bond acceptors (Lipinski definition) is 2. The minimum absolute atomic E-state index is 0.0738. The van der Waals surface area contributed by atoms with Crippen LogP contribution in [0.25, 0.3) is 0 Å². The van der Waals surface area contributed by atoms with Gasteiger partial charge in [-0.15, -0.1) is 0 Å². The van der Waals surface area contributed by atoms with E-state index in [4.69, 9.17) is 0 Å². The van der Waals surface area contributed by atoms with E-state index in [0.29, 0.717) is 0 Å². The van der Waals surface area contributed by atoms with Crippen LogP contribution in [0.5, 0.6) is 0 Å². The summed E-state index contributed by atoms with van der Waals surface area (Å²) in [4.78, 5) is 17.4. The van der Waals surface area contributed by atoms with E-state index in [2.05, 4.69) is 10.3 Å². The predicted molar refractivity (Wildman–Crippen MR) is 97.0 cm³/mol. The molecule has 2 atom stereocenters. The van der Waals surface area contributed by atoms with Crippen LogP contribution in [-0.2, 0) is 11.3 Å². The van der Waals surface area contributed by atoms with E-state index in [1.165, 1.54) is 12.1 Å². The number of aryl methyl sites for hydroxylation is 1. The molecule has 0 saturated heterocycles. The van der Waals surface area contributed by atoms with Crippen LogP contribution in [0, 0.1) is 5.82 Å². The fourth-order valence-electron chi connectivity index (χ4n) is 3.60. The van der Waals surface area contributed by atoms with Crippen LogP contribution in [0.1, 0.15) is 41.8 Å². The molecule has 4 rings (SSSR count). The molecule has 3 aromatic rings. The number of hydrogen-bond donors (Lipinski definition) is 1. The van der Waals surface area contributed by atoms with Gasteiger partial charge in [0.05, 0.1) is 12.0 Å². The summed E-state index contributed by atoms with van der Waals surface area (Å²) in [6, 6.07) is 15.6. The lowest BCUT2D eigenvalue weighted by Gasteiger charge is -2.26. The Kier molecular flexibility index (Phi) is 4.52. The Balaban J connectivity index is 1.65. The number of rotatable bonds is 4. The molecule has 0 bridgehead atoms. The van der Waals surface area contributed by atoms with Crippen molar-refractivity contribution in [2.45, 2.75) is 31.3 Å². The average Bonchev–Trinajstić information content (AvgIpc) is 3.15. The lowest BCUT2D eigenvalue weighted by atomic mass is 9.94. The molecule has 2 aromatic carbocycles. The van der Waals surface area contributed by atoms with Gasteiger partial charge < -0.3 is 9.88 Å². The van der Waals surface area contributed by atoms with E-state index in [-0.39, 0.29) is 17.6 Å². The zero-order valence-corrected chi connectivity index (χ0v) is 14.3. The third-order valence-electron chi connectivity index (χ3n) is 4.87. The largest absolute Gasteiger partial charge is 0.345 e. The van der Waals surface area contributed by atoms with Crippen molar-refractivity contribution in [2.24, 2.45) is 0 Å². The molecule has 5 heteroatoms. The van der Waals surface area contributed by atoms with E-state index in [1.54, 1.807) is 12.3 Å². The molecule has 132 valence electrons. The van der Waals surface area contributed by atoms with Crippen molar-refractivity contribution in [1.82, 2.24) is 14.9 Å². The first-order chi connectivity index (χ1) is 12.7. The molecule has 4 nitrogen and oxygen atoms in total. The third kappa shape index (κ3) is 3.25. The first-order valence-corrected chi connectivity index (χ1v) is 8.84. The van der Waals surface area contributed by atoms with Gasteiger partial charge in [0.1, 0.15) is 11.6 Å². The van der Waals surface area contributed by atoms with Crippen LogP contribution in [0.3, 0.4) is 0 Å². The van der Waals surface area contributed by atoms with Crippen molar-refractivity contribution in [2.75, 3.05) is 0 Å². The number of carbonyl (C=O) groups is 1. The number of amides is 1. The van der Waals surface area contributed by atoms with Crippen molar-refractivity contribution in [1.29, 1.82) is 0 Å². The van der Waals surface area contributed by atoms with Gasteiger partial charge in [0.2, 0.25) is 5.91 Å². The SMILES string of the molecule is O=C(N[C@H](c1ccccc1)c1cccc(F)c1)[C@@H]1CCCn2ccnc21. The number of halogens is 1. The molecular formula is C21H20FN3O. The summed E-state index contributed by atoms with van der Waals surface area (Å²) in [5.74, 6) is 0.138. The number of nitrogens with one attached hydrogen (secondary N) is 1. The van der Waals surface area contributed by atoms with Gasteiger partial charge in [0.25, 0.3) is 0 Å². The molecule has 1 aliphatic rings. The van der Waals surface area contributed by atoms with Gasteiger partial charge in [0.15, 0.2) is 0 Å². The second kappa shape index (κ2) is 7.12. The van der Waals surface area contributed by atoms with Crippen LogP contribution in [0.4, 0.5) is 4.39 Å². The Morgan fingerprint density at radius 1 is 1.15 bits per heavy atom. The van der Waals surface area contributed by atoms with Gasteiger partial charge in [-0.3, -0.25) is 4.79 Å². The topological polar surface area (TPSA) is 46.9 Å². The fraction of sp³-hybridized carbons (Fsp3) is 0.238. The number of aromatic nitrogens is 2. The highest BCUT2D eigenvalue weighted by molar-refractivity contribution is 5.83. The molecule has 0 spiro atoms. The van der Waals surface area contributed by atoms with Gasteiger partial charge in [-0.05, 0) is 36.1 Å². The van der Waals surface area contributed by atoms with E-state index in [1.807, 2.05) is 47.2 Å². The Morgan fingerprint density at radius 3 is 2.77 bits per heavy atom. The molecule has 0 saturated carbocycles. The van der Waals surface area contributed by atoms with E-state index in [9.17, 15) is 9.18 Å². The maximum Gasteiger partial charge on any atom is 0.231 e. The van der Waals surface area contributed by atoms with E-state index in [0.717, 1.165) is 36.3 Å². The average molecular weight is 349 g/mol. The smallest absolute Gasteiger partial charge is 0.231 e. The zero-order chi connectivity index (χ0) is 17.9. The Hall–Kier alpha value is -2.95. The Labute approximate surface area is 151 Å². The predicted octanol–water partition coefficient (Wildman–Crippen LogP) is 3.81. The molecule has 0 aliphatic carbocycles. The van der Waals surface area contributed by atoms with Crippen molar-refractivity contribution < 1.29 is 9.18 Å². The summed E-state index contributed by atoms with van der Waals surface area (Å²) in [7, 11) is 0. The maximum absolute atomic E-state index is 13.8. The van der Waals surface area contributed by atoms with Gasteiger partial charge in [0, 0.05) is 18.9 Å². The summed E-state index contributed by atoms with van der Waals surface area (Å²) in [6.45, 7) is 0.894. The van der Waals surface area contributed by atoms with Crippen molar-refractivity contribution in [3.63, 3.8) is 0 Å². The normalized spacial score (nSPS) is 17.3. The van der Waals surface area contributed by atoms with Gasteiger partial charge >= 0.3 is 0 Å². The molecule has 0 fully saturated rings. The summed E-state index contributed by atoms with van der Waals surface area (Å²) in [5.41, 5.74) is 1.65. The maximum atomic E-state index is 13.8. The van der Waals surface area contributed by atoms with Crippen molar-refractivity contribution >= 4 is 5.91 Å². The van der Waals surface area contributed by atoms with Crippen LogP contribution < -0.4 is 5.32 Å². The van der Waals surface area contributed by atoms with Crippen molar-refractivity contribution in [3.05, 3.63) is 89.8 Å². The highest BCUT2D eigenvalue weighted by atomic mass is 19.1. The molecule has 0 radical (unpaired) electrons. The number of nitrogens with zero attached hydrogens (tertiary/aromatic N) is 2. The highest BCUT2D eigenvalue weighted by Crippen LogP contribution is 2.29.